The smallest absolute Gasteiger partial charge is 0.104 e. The summed E-state index contributed by atoms with van der Waals surface area (Å²) in [5, 5.41) is 10.7. The maximum atomic E-state index is 8.67. The number of likely N-dealkylation sites (tertiary alicyclic amines) is 1. The van der Waals surface area contributed by atoms with E-state index in [4.69, 9.17) is 5.11 Å². The van der Waals surface area contributed by atoms with E-state index in [9.17, 15) is 0 Å². The molecular formula is C15H21NOS. The van der Waals surface area contributed by atoms with E-state index in [2.05, 4.69) is 35.1 Å². The van der Waals surface area contributed by atoms with Crippen LogP contribution in [0.1, 0.15) is 36.6 Å². The van der Waals surface area contributed by atoms with Gasteiger partial charge in [0.1, 0.15) is 6.61 Å². The topological polar surface area (TPSA) is 23.5 Å². The highest BCUT2D eigenvalue weighted by molar-refractivity contribution is 7.10. The summed E-state index contributed by atoms with van der Waals surface area (Å²) in [6, 6.07) is 2.15. The fourth-order valence-corrected chi connectivity index (χ4v) is 3.30. The van der Waals surface area contributed by atoms with Crippen molar-refractivity contribution in [3.63, 3.8) is 0 Å². The lowest BCUT2D eigenvalue weighted by Gasteiger charge is -2.31. The van der Waals surface area contributed by atoms with Crippen molar-refractivity contribution in [2.75, 3.05) is 19.7 Å². The molecule has 98 valence electrons. The maximum absolute atomic E-state index is 8.67. The largest absolute Gasteiger partial charge is 0.384 e. The average Bonchev–Trinajstić information content (AvgIpc) is 2.85. The molecule has 0 atom stereocenters. The Morgan fingerprint density at radius 1 is 1.44 bits per heavy atom. The molecule has 0 spiro atoms. The molecule has 0 aromatic carbocycles. The van der Waals surface area contributed by atoms with Crippen LogP contribution < -0.4 is 0 Å². The molecule has 1 N–H and O–H groups in total. The number of thiophene rings is 1. The highest BCUT2D eigenvalue weighted by Crippen LogP contribution is 2.23. The van der Waals surface area contributed by atoms with Crippen LogP contribution in [0.5, 0.6) is 0 Å². The van der Waals surface area contributed by atoms with Crippen molar-refractivity contribution in [3.8, 4) is 11.8 Å². The zero-order chi connectivity index (χ0) is 12.8. The van der Waals surface area contributed by atoms with Crippen molar-refractivity contribution >= 4 is 11.3 Å². The molecule has 0 amide bonds. The number of aliphatic hydroxyl groups excluding tert-OH is 1. The van der Waals surface area contributed by atoms with Crippen molar-refractivity contribution < 1.29 is 5.11 Å². The molecule has 1 aromatic rings. The molecule has 1 aliphatic heterocycles. The van der Waals surface area contributed by atoms with Crippen molar-refractivity contribution in [1.82, 2.24) is 4.90 Å². The first kappa shape index (κ1) is 13.6. The third-order valence-electron chi connectivity index (χ3n) is 3.63. The summed E-state index contributed by atoms with van der Waals surface area (Å²) < 4.78 is 0. The molecule has 1 fully saturated rings. The molecule has 0 unspecified atom stereocenters. The number of rotatable bonds is 3. The van der Waals surface area contributed by atoms with Gasteiger partial charge in [-0.1, -0.05) is 25.2 Å². The Labute approximate surface area is 114 Å². The van der Waals surface area contributed by atoms with Gasteiger partial charge in [0.05, 0.1) is 0 Å². The van der Waals surface area contributed by atoms with Crippen LogP contribution in [0.4, 0.5) is 0 Å². The number of piperidine rings is 1. The maximum Gasteiger partial charge on any atom is 0.104 e. The number of aliphatic hydroxyl groups is 1. The second-order valence-corrected chi connectivity index (χ2v) is 5.89. The summed E-state index contributed by atoms with van der Waals surface area (Å²) in [4.78, 5) is 3.92. The van der Waals surface area contributed by atoms with E-state index in [1.54, 1.807) is 11.3 Å². The molecule has 0 bridgehead atoms. The highest BCUT2D eigenvalue weighted by atomic mass is 32.1. The standard InChI is InChI=1S/C15H21NOS/c1-2-13-5-7-16(8-6-13)11-15-10-14(12-18-15)4-3-9-17/h10,12-13,17H,2,5-9,11H2,1H3. The van der Waals surface area contributed by atoms with E-state index in [-0.39, 0.29) is 6.61 Å². The van der Waals surface area contributed by atoms with Crippen LogP contribution in [0.15, 0.2) is 11.4 Å². The first-order valence-corrected chi connectivity index (χ1v) is 7.59. The van der Waals surface area contributed by atoms with E-state index in [1.165, 1.54) is 37.2 Å². The lowest BCUT2D eigenvalue weighted by atomic mass is 9.94. The second kappa shape index (κ2) is 6.94. The first-order valence-electron chi connectivity index (χ1n) is 6.71. The molecule has 1 aliphatic rings. The van der Waals surface area contributed by atoms with Gasteiger partial charge in [-0.3, -0.25) is 4.90 Å². The molecule has 0 aliphatic carbocycles. The molecule has 0 radical (unpaired) electrons. The summed E-state index contributed by atoms with van der Waals surface area (Å²) in [6.07, 6.45) is 4.02. The van der Waals surface area contributed by atoms with Gasteiger partial charge in [0.2, 0.25) is 0 Å². The Hall–Kier alpha value is -0.820. The van der Waals surface area contributed by atoms with Crippen LogP contribution in [-0.2, 0) is 6.54 Å². The molecule has 1 saturated heterocycles. The second-order valence-electron chi connectivity index (χ2n) is 4.89. The minimum Gasteiger partial charge on any atom is -0.384 e. The van der Waals surface area contributed by atoms with Crippen LogP contribution in [0.3, 0.4) is 0 Å². The van der Waals surface area contributed by atoms with E-state index < -0.39 is 0 Å². The van der Waals surface area contributed by atoms with Gasteiger partial charge in [-0.2, -0.15) is 0 Å². The van der Waals surface area contributed by atoms with Crippen molar-refractivity contribution in [2.24, 2.45) is 5.92 Å². The van der Waals surface area contributed by atoms with Crippen LogP contribution in [-0.4, -0.2) is 29.7 Å². The Bertz CT molecular complexity index is 421. The summed E-state index contributed by atoms with van der Waals surface area (Å²) in [5.74, 6) is 6.59. The van der Waals surface area contributed by atoms with Crippen LogP contribution >= 0.6 is 11.3 Å². The molecule has 18 heavy (non-hydrogen) atoms. The van der Waals surface area contributed by atoms with Gasteiger partial charge in [0.15, 0.2) is 0 Å². The zero-order valence-electron chi connectivity index (χ0n) is 11.0. The normalized spacial score (nSPS) is 17.4. The molecule has 2 nitrogen and oxygen atoms in total. The van der Waals surface area contributed by atoms with Gasteiger partial charge < -0.3 is 5.11 Å². The van der Waals surface area contributed by atoms with Gasteiger partial charge in [0, 0.05) is 22.4 Å². The first-order chi connectivity index (χ1) is 8.81. The molecule has 1 aromatic heterocycles. The SMILES string of the molecule is CCC1CCN(Cc2cc(C#CCO)cs2)CC1. The van der Waals surface area contributed by atoms with Gasteiger partial charge in [-0.25, -0.2) is 0 Å². The number of hydrogen-bond donors (Lipinski definition) is 1. The van der Waals surface area contributed by atoms with Crippen LogP contribution in [0.25, 0.3) is 0 Å². The fourth-order valence-electron chi connectivity index (χ4n) is 2.44. The molecular weight excluding hydrogens is 242 g/mol. The number of nitrogens with zero attached hydrogens (tertiary/aromatic N) is 1. The monoisotopic (exact) mass is 263 g/mol. The molecule has 3 heteroatoms. The Morgan fingerprint density at radius 3 is 2.89 bits per heavy atom. The van der Waals surface area contributed by atoms with Crippen LogP contribution in [0.2, 0.25) is 0 Å². The lowest BCUT2D eigenvalue weighted by molar-refractivity contribution is 0.176. The summed E-state index contributed by atoms with van der Waals surface area (Å²) in [5.41, 5.74) is 1.03. The number of hydrogen-bond acceptors (Lipinski definition) is 3. The van der Waals surface area contributed by atoms with Gasteiger partial charge >= 0.3 is 0 Å². The van der Waals surface area contributed by atoms with E-state index in [0.29, 0.717) is 0 Å². The predicted octanol–water partition coefficient (Wildman–Crippen LogP) is 2.71. The summed E-state index contributed by atoms with van der Waals surface area (Å²) in [6.45, 7) is 5.76. The van der Waals surface area contributed by atoms with E-state index >= 15 is 0 Å². The van der Waals surface area contributed by atoms with Gasteiger partial charge in [-0.05, 0) is 37.9 Å². The molecule has 2 rings (SSSR count). The Kier molecular flexibility index (Phi) is 5.25. The Balaban J connectivity index is 1.85. The zero-order valence-corrected chi connectivity index (χ0v) is 11.8. The van der Waals surface area contributed by atoms with Crippen LogP contribution in [0, 0.1) is 17.8 Å². The minimum atomic E-state index is -0.0598. The van der Waals surface area contributed by atoms with Crippen molar-refractivity contribution in [3.05, 3.63) is 21.9 Å². The average molecular weight is 263 g/mol. The Morgan fingerprint density at radius 2 is 2.22 bits per heavy atom. The summed E-state index contributed by atoms with van der Waals surface area (Å²) in [7, 11) is 0. The van der Waals surface area contributed by atoms with Gasteiger partial charge in [-0.15, -0.1) is 11.3 Å². The predicted molar refractivity (Wildman–Crippen MR) is 76.6 cm³/mol. The van der Waals surface area contributed by atoms with Crippen molar-refractivity contribution in [1.29, 1.82) is 0 Å². The molecule has 2 heterocycles. The fraction of sp³-hybridized carbons (Fsp3) is 0.600. The minimum absolute atomic E-state index is 0.0598. The molecule has 0 saturated carbocycles. The van der Waals surface area contributed by atoms with Crippen molar-refractivity contribution in [2.45, 2.75) is 32.7 Å². The summed E-state index contributed by atoms with van der Waals surface area (Å²) >= 11 is 1.77. The van der Waals surface area contributed by atoms with E-state index in [1.807, 2.05) is 0 Å². The third kappa shape index (κ3) is 3.84. The van der Waals surface area contributed by atoms with Gasteiger partial charge in [0.25, 0.3) is 0 Å². The van der Waals surface area contributed by atoms with E-state index in [0.717, 1.165) is 18.0 Å². The highest BCUT2D eigenvalue weighted by Gasteiger charge is 2.17. The third-order valence-corrected chi connectivity index (χ3v) is 4.55. The lowest BCUT2D eigenvalue weighted by Crippen LogP contribution is -2.32. The quantitative estimate of drug-likeness (QED) is 0.848.